The maximum absolute atomic E-state index is 5.74. The highest BCUT2D eigenvalue weighted by atomic mass is 15.4. The Labute approximate surface area is 103 Å². The summed E-state index contributed by atoms with van der Waals surface area (Å²) in [6, 6.07) is 0.196. The van der Waals surface area contributed by atoms with Gasteiger partial charge in [-0.3, -0.25) is 11.3 Å². The van der Waals surface area contributed by atoms with Crippen LogP contribution in [0.5, 0.6) is 0 Å². The zero-order valence-electron chi connectivity index (χ0n) is 10.8. The van der Waals surface area contributed by atoms with Crippen LogP contribution in [0.2, 0.25) is 0 Å². The van der Waals surface area contributed by atoms with Crippen molar-refractivity contribution in [1.82, 2.24) is 20.4 Å². The van der Waals surface area contributed by atoms with Crippen LogP contribution in [-0.4, -0.2) is 15.0 Å². The maximum atomic E-state index is 5.74. The van der Waals surface area contributed by atoms with Crippen LogP contribution in [0.3, 0.4) is 0 Å². The van der Waals surface area contributed by atoms with Crippen molar-refractivity contribution in [3.8, 4) is 0 Å². The number of nitrogens with zero attached hydrogens (tertiary/aromatic N) is 3. The van der Waals surface area contributed by atoms with Crippen molar-refractivity contribution in [2.75, 3.05) is 0 Å². The van der Waals surface area contributed by atoms with Crippen LogP contribution >= 0.6 is 0 Å². The monoisotopic (exact) mass is 237 g/mol. The summed E-state index contributed by atoms with van der Waals surface area (Å²) in [6.45, 7) is 5.37. The highest BCUT2D eigenvalue weighted by Crippen LogP contribution is 2.38. The minimum Gasteiger partial charge on any atom is -0.271 e. The first-order valence-corrected chi connectivity index (χ1v) is 6.60. The minimum atomic E-state index is 0.196. The summed E-state index contributed by atoms with van der Waals surface area (Å²) in [5.74, 6) is 7.16. The molecule has 0 spiro atoms. The highest BCUT2D eigenvalue weighted by Gasteiger charge is 2.31. The molecule has 1 aliphatic carbocycles. The van der Waals surface area contributed by atoms with E-state index in [2.05, 4.69) is 29.6 Å². The van der Waals surface area contributed by atoms with E-state index in [1.165, 1.54) is 19.3 Å². The van der Waals surface area contributed by atoms with Crippen LogP contribution < -0.4 is 11.3 Å². The van der Waals surface area contributed by atoms with Gasteiger partial charge in [0.2, 0.25) is 0 Å². The molecule has 0 radical (unpaired) electrons. The molecule has 5 nitrogen and oxygen atoms in total. The van der Waals surface area contributed by atoms with E-state index in [0.29, 0.717) is 5.92 Å². The number of hydrogen-bond acceptors (Lipinski definition) is 4. The third kappa shape index (κ3) is 2.66. The van der Waals surface area contributed by atoms with Crippen LogP contribution in [-0.2, 0) is 6.54 Å². The fraction of sp³-hybridized carbons (Fsp3) is 0.833. The van der Waals surface area contributed by atoms with Gasteiger partial charge in [-0.25, -0.2) is 4.68 Å². The number of hydrazine groups is 1. The molecular formula is C12H23N5. The van der Waals surface area contributed by atoms with Gasteiger partial charge >= 0.3 is 0 Å². The molecular weight excluding hydrogens is 214 g/mol. The number of rotatable bonds is 5. The van der Waals surface area contributed by atoms with E-state index in [9.17, 15) is 0 Å². The minimum absolute atomic E-state index is 0.196. The van der Waals surface area contributed by atoms with Gasteiger partial charge in [-0.15, -0.1) is 5.10 Å². The van der Waals surface area contributed by atoms with Gasteiger partial charge in [0, 0.05) is 6.54 Å². The molecule has 0 bridgehead atoms. The SMILES string of the molecule is CCCn1nncc1C(NN)C1CCC(C)C1. The molecule has 3 atom stereocenters. The second-order valence-corrected chi connectivity index (χ2v) is 5.20. The molecule has 3 unspecified atom stereocenters. The Hall–Kier alpha value is -0.940. The second kappa shape index (κ2) is 5.60. The van der Waals surface area contributed by atoms with Crippen molar-refractivity contribution in [2.24, 2.45) is 17.7 Å². The average molecular weight is 237 g/mol. The second-order valence-electron chi connectivity index (χ2n) is 5.20. The first-order chi connectivity index (χ1) is 8.26. The van der Waals surface area contributed by atoms with E-state index in [0.717, 1.165) is 24.6 Å². The van der Waals surface area contributed by atoms with Crippen molar-refractivity contribution in [3.63, 3.8) is 0 Å². The Balaban J connectivity index is 2.14. The van der Waals surface area contributed by atoms with Gasteiger partial charge in [-0.05, 0) is 31.1 Å². The first kappa shape index (κ1) is 12.5. The van der Waals surface area contributed by atoms with E-state index in [1.807, 2.05) is 10.9 Å². The number of aryl methyl sites for hydroxylation is 1. The van der Waals surface area contributed by atoms with Crippen LogP contribution in [0.15, 0.2) is 6.20 Å². The maximum Gasteiger partial charge on any atom is 0.0772 e. The molecule has 17 heavy (non-hydrogen) atoms. The molecule has 1 aromatic rings. The smallest absolute Gasteiger partial charge is 0.0772 e. The molecule has 96 valence electrons. The molecule has 5 heteroatoms. The highest BCUT2D eigenvalue weighted by molar-refractivity contribution is 5.05. The Morgan fingerprint density at radius 1 is 1.59 bits per heavy atom. The summed E-state index contributed by atoms with van der Waals surface area (Å²) < 4.78 is 1.98. The Morgan fingerprint density at radius 2 is 2.41 bits per heavy atom. The average Bonchev–Trinajstić information content (AvgIpc) is 2.91. The number of nitrogens with two attached hydrogens (primary N) is 1. The fourth-order valence-electron chi connectivity index (χ4n) is 2.91. The number of aromatic nitrogens is 3. The topological polar surface area (TPSA) is 68.8 Å². The Morgan fingerprint density at radius 3 is 3.00 bits per heavy atom. The van der Waals surface area contributed by atoms with Crippen LogP contribution in [0.25, 0.3) is 0 Å². The van der Waals surface area contributed by atoms with Gasteiger partial charge in [0.05, 0.1) is 17.9 Å². The molecule has 1 aromatic heterocycles. The summed E-state index contributed by atoms with van der Waals surface area (Å²) >= 11 is 0. The first-order valence-electron chi connectivity index (χ1n) is 6.60. The summed E-state index contributed by atoms with van der Waals surface area (Å²) in [4.78, 5) is 0. The van der Waals surface area contributed by atoms with Crippen molar-refractivity contribution in [2.45, 2.75) is 52.1 Å². The van der Waals surface area contributed by atoms with Crippen LogP contribution in [0, 0.1) is 11.8 Å². The third-order valence-electron chi connectivity index (χ3n) is 3.79. The van der Waals surface area contributed by atoms with Crippen molar-refractivity contribution < 1.29 is 0 Å². The van der Waals surface area contributed by atoms with Gasteiger partial charge in [0.1, 0.15) is 0 Å². The van der Waals surface area contributed by atoms with Crippen molar-refractivity contribution in [3.05, 3.63) is 11.9 Å². The summed E-state index contributed by atoms with van der Waals surface area (Å²) in [5, 5.41) is 8.15. The number of hydrogen-bond donors (Lipinski definition) is 2. The zero-order valence-corrected chi connectivity index (χ0v) is 10.8. The molecule has 1 fully saturated rings. The van der Waals surface area contributed by atoms with Gasteiger partial charge in [0.25, 0.3) is 0 Å². The molecule has 0 amide bonds. The van der Waals surface area contributed by atoms with E-state index < -0.39 is 0 Å². The molecule has 0 aromatic carbocycles. The van der Waals surface area contributed by atoms with Gasteiger partial charge < -0.3 is 0 Å². The Bertz CT molecular complexity index is 348. The van der Waals surface area contributed by atoms with Crippen LogP contribution in [0.1, 0.15) is 51.3 Å². The molecule has 0 saturated heterocycles. The molecule has 1 aliphatic rings. The molecule has 1 saturated carbocycles. The molecule has 0 aliphatic heterocycles. The number of nitrogens with one attached hydrogen (secondary N) is 1. The van der Waals surface area contributed by atoms with E-state index in [-0.39, 0.29) is 6.04 Å². The van der Waals surface area contributed by atoms with E-state index >= 15 is 0 Å². The predicted molar refractivity (Wildman–Crippen MR) is 66.9 cm³/mol. The van der Waals surface area contributed by atoms with Gasteiger partial charge in [-0.1, -0.05) is 25.5 Å². The molecule has 2 rings (SSSR count). The zero-order chi connectivity index (χ0) is 12.3. The summed E-state index contributed by atoms with van der Waals surface area (Å²) in [5.41, 5.74) is 4.10. The normalized spacial score (nSPS) is 26.3. The van der Waals surface area contributed by atoms with Gasteiger partial charge in [0.15, 0.2) is 0 Å². The van der Waals surface area contributed by atoms with Crippen molar-refractivity contribution in [1.29, 1.82) is 0 Å². The van der Waals surface area contributed by atoms with E-state index in [1.54, 1.807) is 0 Å². The standard InChI is InChI=1S/C12H23N5/c1-3-6-17-11(8-14-16-17)12(15-13)10-5-4-9(2)7-10/h8-10,12,15H,3-7,13H2,1-2H3. The van der Waals surface area contributed by atoms with Crippen LogP contribution in [0.4, 0.5) is 0 Å². The summed E-state index contributed by atoms with van der Waals surface area (Å²) in [7, 11) is 0. The van der Waals surface area contributed by atoms with Crippen molar-refractivity contribution >= 4 is 0 Å². The summed E-state index contributed by atoms with van der Waals surface area (Å²) in [6.07, 6.45) is 6.70. The molecule has 3 N–H and O–H groups in total. The lowest BCUT2D eigenvalue weighted by Crippen LogP contribution is -2.34. The predicted octanol–water partition coefficient (Wildman–Crippen LogP) is 1.63. The lowest BCUT2D eigenvalue weighted by atomic mass is 9.95. The largest absolute Gasteiger partial charge is 0.271 e. The quantitative estimate of drug-likeness (QED) is 0.603. The fourth-order valence-corrected chi connectivity index (χ4v) is 2.91. The lowest BCUT2D eigenvalue weighted by molar-refractivity contribution is 0.341. The van der Waals surface area contributed by atoms with E-state index in [4.69, 9.17) is 5.84 Å². The lowest BCUT2D eigenvalue weighted by Gasteiger charge is -2.23. The van der Waals surface area contributed by atoms with Gasteiger partial charge in [-0.2, -0.15) is 0 Å². The third-order valence-corrected chi connectivity index (χ3v) is 3.79. The Kier molecular flexibility index (Phi) is 4.12. The molecule has 1 heterocycles.